The molecule has 1 rings (SSSR count). The minimum Gasteiger partial charge on any atom is -0.381 e. The van der Waals surface area contributed by atoms with Crippen LogP contribution in [0.15, 0.2) is 64.6 Å². The van der Waals surface area contributed by atoms with Gasteiger partial charge in [0.1, 0.15) is 11.3 Å². The summed E-state index contributed by atoms with van der Waals surface area (Å²) in [6.45, 7) is 32.4. The zero-order valence-electron chi connectivity index (χ0n) is 33.4. The van der Waals surface area contributed by atoms with Crippen LogP contribution >= 0.6 is 11.3 Å². The average molecular weight is 687 g/mol. The summed E-state index contributed by atoms with van der Waals surface area (Å²) >= 11 is 1.60. The van der Waals surface area contributed by atoms with Gasteiger partial charge in [0.05, 0.1) is 5.69 Å². The smallest absolute Gasteiger partial charge is 0.159 e. The van der Waals surface area contributed by atoms with E-state index >= 15 is 0 Å². The van der Waals surface area contributed by atoms with E-state index in [1.54, 1.807) is 18.3 Å². The summed E-state index contributed by atoms with van der Waals surface area (Å²) < 4.78 is 5.28. The van der Waals surface area contributed by atoms with E-state index in [0.717, 1.165) is 90.2 Å². The number of ketones is 1. The van der Waals surface area contributed by atoms with Crippen LogP contribution in [0.1, 0.15) is 158 Å². The first kappa shape index (κ1) is 52.1. The van der Waals surface area contributed by atoms with Crippen molar-refractivity contribution in [2.24, 2.45) is 5.73 Å². The van der Waals surface area contributed by atoms with Crippen molar-refractivity contribution < 1.29 is 14.3 Å². The van der Waals surface area contributed by atoms with Crippen molar-refractivity contribution in [3.63, 3.8) is 0 Å². The van der Waals surface area contributed by atoms with Crippen LogP contribution in [0.5, 0.6) is 0 Å². The highest BCUT2D eigenvalue weighted by Gasteiger charge is 2.14. The Morgan fingerprint density at radius 1 is 0.938 bits per heavy atom. The monoisotopic (exact) mass is 687 g/mol. The lowest BCUT2D eigenvalue weighted by Crippen LogP contribution is -2.02. The molecule has 0 radical (unpaired) electrons. The molecule has 0 saturated heterocycles. The molecule has 0 aliphatic heterocycles. The fraction of sp³-hybridized carbons (Fsp3) is 0.595. The van der Waals surface area contributed by atoms with Crippen molar-refractivity contribution in [2.45, 2.75) is 148 Å². The normalized spacial score (nSPS) is 12.0. The fourth-order valence-electron chi connectivity index (χ4n) is 3.95. The number of hydrogen-bond acceptors (Lipinski definition) is 6. The molecule has 48 heavy (non-hydrogen) atoms. The topological polar surface area (TPSA) is 82.3 Å². The number of aldehydes is 1. The summed E-state index contributed by atoms with van der Waals surface area (Å²) in [4.78, 5) is 25.7. The molecule has 0 aromatic carbocycles. The van der Waals surface area contributed by atoms with Crippen LogP contribution in [0.25, 0.3) is 11.1 Å². The maximum Gasteiger partial charge on any atom is 0.159 e. The first-order valence-electron chi connectivity index (χ1n) is 18.3. The molecular formula is C42H74N2O3S. The van der Waals surface area contributed by atoms with Gasteiger partial charge in [0.15, 0.2) is 5.78 Å². The fourth-order valence-corrected chi connectivity index (χ4v) is 4.75. The van der Waals surface area contributed by atoms with Gasteiger partial charge in [0.25, 0.3) is 0 Å². The molecule has 0 aliphatic rings. The molecule has 0 aliphatic carbocycles. The third-order valence-electron chi connectivity index (χ3n) is 6.28. The van der Waals surface area contributed by atoms with Gasteiger partial charge >= 0.3 is 0 Å². The highest BCUT2D eigenvalue weighted by atomic mass is 32.1. The molecule has 0 saturated carbocycles. The van der Waals surface area contributed by atoms with Gasteiger partial charge in [0.2, 0.25) is 0 Å². The van der Waals surface area contributed by atoms with Gasteiger partial charge in [-0.3, -0.25) is 4.79 Å². The Morgan fingerprint density at radius 2 is 1.54 bits per heavy atom. The molecule has 1 heterocycles. The second-order valence-corrected chi connectivity index (χ2v) is 11.8. The standard InChI is InChI=1S/C27H38N2OS.C8H18O.C3H8.C2H4O.C2H6/c1-8-12-14-23(21(7)30)15-20(6)27-29-26(18-31-27)24(11-4)25(19(5)13-9-2)16-22(10-3)17-28;1-3-5-6-8-9-7-4-2;1-3-2;1-2-3;1-2/h10-11,14-16,18H,3,8-9,12-13,17,28H2,1-2,4-7H3;3-8H2,1-2H3;3H2,1-2H3;2H,1H3;1-2H3/b20-15+,22-16+,23-14+,24-11+,25-19-;;;;. The van der Waals surface area contributed by atoms with Crippen molar-refractivity contribution in [2.75, 3.05) is 19.8 Å². The van der Waals surface area contributed by atoms with Crippen LogP contribution in [0, 0.1) is 0 Å². The van der Waals surface area contributed by atoms with E-state index < -0.39 is 0 Å². The maximum absolute atomic E-state index is 12.0. The molecule has 0 bridgehead atoms. The summed E-state index contributed by atoms with van der Waals surface area (Å²) in [6, 6.07) is 0. The summed E-state index contributed by atoms with van der Waals surface area (Å²) in [5.74, 6) is 0.0861. The van der Waals surface area contributed by atoms with Crippen LogP contribution in [0.2, 0.25) is 0 Å². The van der Waals surface area contributed by atoms with E-state index in [0.29, 0.717) is 6.54 Å². The number of thiazole rings is 1. The Bertz CT molecular complexity index is 1100. The van der Waals surface area contributed by atoms with Gasteiger partial charge < -0.3 is 15.3 Å². The predicted octanol–water partition coefficient (Wildman–Crippen LogP) is 12.7. The third kappa shape index (κ3) is 27.3. The van der Waals surface area contributed by atoms with Crippen molar-refractivity contribution >= 4 is 34.6 Å². The number of rotatable bonds is 18. The number of carbonyl (C=O) groups excluding carboxylic acids is 2. The maximum atomic E-state index is 12.0. The quantitative estimate of drug-likeness (QED) is 0.0719. The van der Waals surface area contributed by atoms with E-state index in [4.69, 9.17) is 20.2 Å². The largest absolute Gasteiger partial charge is 0.381 e. The number of aromatic nitrogens is 1. The lowest BCUT2D eigenvalue weighted by atomic mass is 9.94. The zero-order valence-corrected chi connectivity index (χ0v) is 34.2. The van der Waals surface area contributed by atoms with E-state index in [1.807, 2.05) is 45.9 Å². The molecule has 2 N–H and O–H groups in total. The average Bonchev–Trinajstić information content (AvgIpc) is 3.57. The minimum absolute atomic E-state index is 0.0861. The Morgan fingerprint density at radius 3 is 1.98 bits per heavy atom. The first-order chi connectivity index (χ1) is 23.1. The van der Waals surface area contributed by atoms with Gasteiger partial charge in [-0.25, -0.2) is 4.98 Å². The molecule has 276 valence electrons. The van der Waals surface area contributed by atoms with Crippen LogP contribution in [-0.2, 0) is 14.3 Å². The second-order valence-electron chi connectivity index (χ2n) is 10.9. The molecule has 5 nitrogen and oxygen atoms in total. The molecule has 1 aromatic heterocycles. The number of carbonyl (C=O) groups is 2. The van der Waals surface area contributed by atoms with Crippen molar-refractivity contribution in [1.29, 1.82) is 0 Å². The van der Waals surface area contributed by atoms with Gasteiger partial charge in [-0.05, 0) is 89.2 Å². The number of nitrogens with two attached hydrogens (primary N) is 1. The highest BCUT2D eigenvalue weighted by Crippen LogP contribution is 2.32. The molecule has 6 heteroatoms. The lowest BCUT2D eigenvalue weighted by Gasteiger charge is -2.13. The van der Waals surface area contributed by atoms with E-state index in [2.05, 4.69) is 72.6 Å². The Kier molecular flexibility index (Phi) is 42.1. The molecular weight excluding hydrogens is 613 g/mol. The summed E-state index contributed by atoms with van der Waals surface area (Å²) in [5, 5.41) is 3.02. The first-order valence-corrected chi connectivity index (χ1v) is 19.2. The molecule has 0 amide bonds. The number of nitrogens with zero attached hydrogens (tertiary/aromatic N) is 1. The van der Waals surface area contributed by atoms with Gasteiger partial charge in [0, 0.05) is 36.3 Å². The van der Waals surface area contributed by atoms with Crippen LogP contribution < -0.4 is 5.73 Å². The zero-order chi connectivity index (χ0) is 37.8. The molecule has 0 unspecified atom stereocenters. The molecule has 1 aromatic rings. The van der Waals surface area contributed by atoms with Crippen LogP contribution in [0.4, 0.5) is 0 Å². The number of hydrogen-bond donors (Lipinski definition) is 1. The van der Waals surface area contributed by atoms with Gasteiger partial charge in [-0.1, -0.05) is 118 Å². The number of Topliss-reactive ketones (excluding diaryl/α,β-unsaturated/α-hetero) is 1. The van der Waals surface area contributed by atoms with E-state index in [9.17, 15) is 4.79 Å². The van der Waals surface area contributed by atoms with Gasteiger partial charge in [-0.15, -0.1) is 11.3 Å². The minimum atomic E-state index is 0.0861. The SMILES string of the molecule is C=C\C(=C/C(=C(\C)CCC)C(=C\C)/c1csc(/C(C)=C/C(=C\CCC)C(C)=O)n1)CN.CC.CC=O.CCC.CCCCCOCCC. The number of allylic oxidation sites excluding steroid dienone is 9. The summed E-state index contributed by atoms with van der Waals surface area (Å²) in [5.41, 5.74) is 13.2. The molecule has 0 atom stereocenters. The Labute approximate surface area is 301 Å². The van der Waals surface area contributed by atoms with Crippen molar-refractivity contribution in [1.82, 2.24) is 4.98 Å². The van der Waals surface area contributed by atoms with Crippen molar-refractivity contribution in [3.8, 4) is 0 Å². The third-order valence-corrected chi connectivity index (χ3v) is 7.26. The van der Waals surface area contributed by atoms with Crippen molar-refractivity contribution in [3.05, 3.63) is 75.3 Å². The lowest BCUT2D eigenvalue weighted by molar-refractivity contribution is -0.113. The summed E-state index contributed by atoms with van der Waals surface area (Å²) in [7, 11) is 0. The predicted molar refractivity (Wildman–Crippen MR) is 218 cm³/mol. The molecule has 0 fully saturated rings. The van der Waals surface area contributed by atoms with E-state index in [-0.39, 0.29) is 5.78 Å². The molecule has 0 spiro atoms. The van der Waals surface area contributed by atoms with Crippen LogP contribution in [0.3, 0.4) is 0 Å². The summed E-state index contributed by atoms with van der Waals surface area (Å²) in [6.07, 6.45) is 21.0. The number of ether oxygens (including phenoxy) is 1. The Hall–Kier alpha value is -2.67. The highest BCUT2D eigenvalue weighted by molar-refractivity contribution is 7.10. The number of unbranched alkanes of at least 4 members (excludes halogenated alkanes) is 3. The van der Waals surface area contributed by atoms with Gasteiger partial charge in [-0.2, -0.15) is 0 Å². The van der Waals surface area contributed by atoms with Crippen LogP contribution in [-0.4, -0.2) is 36.8 Å². The Balaban J connectivity index is -0.000000471. The second kappa shape index (κ2) is 38.8. The van der Waals surface area contributed by atoms with E-state index in [1.165, 1.54) is 38.2 Å².